The molecule has 1 heterocycles. The highest BCUT2D eigenvalue weighted by Crippen LogP contribution is 2.25. The number of benzene rings is 2. The van der Waals surface area contributed by atoms with Crippen LogP contribution in [-0.4, -0.2) is 10.8 Å². The molecule has 0 saturated heterocycles. The van der Waals surface area contributed by atoms with Gasteiger partial charge < -0.3 is 0 Å². The third-order valence-electron chi connectivity index (χ3n) is 3.21. The van der Waals surface area contributed by atoms with Gasteiger partial charge in [-0.15, -0.1) is 11.3 Å². The Balaban J connectivity index is 1.79. The van der Waals surface area contributed by atoms with Crippen LogP contribution in [0.2, 0.25) is 5.02 Å². The lowest BCUT2D eigenvalue weighted by atomic mass is 10.1. The summed E-state index contributed by atoms with van der Waals surface area (Å²) in [5, 5.41) is 3.18. The van der Waals surface area contributed by atoms with Crippen LogP contribution in [0.5, 0.6) is 0 Å². The fraction of sp³-hybridized carbons (Fsp3) is 0. The molecule has 0 N–H and O–H groups in total. The molecule has 0 fully saturated rings. The summed E-state index contributed by atoms with van der Waals surface area (Å²) in [6.45, 7) is 0. The van der Waals surface area contributed by atoms with Crippen molar-refractivity contribution >= 4 is 34.8 Å². The lowest BCUT2D eigenvalue weighted by Crippen LogP contribution is -1.99. The summed E-state index contributed by atoms with van der Waals surface area (Å²) in [6, 6.07) is 10.0. The zero-order chi connectivity index (χ0) is 17.1. The van der Waals surface area contributed by atoms with Gasteiger partial charge in [0, 0.05) is 16.0 Å². The van der Waals surface area contributed by atoms with E-state index in [9.17, 15) is 13.6 Å². The van der Waals surface area contributed by atoms with E-state index in [2.05, 4.69) is 4.98 Å². The third-order valence-corrected chi connectivity index (χ3v) is 4.37. The predicted molar refractivity (Wildman–Crippen MR) is 92.3 cm³/mol. The van der Waals surface area contributed by atoms with Crippen LogP contribution < -0.4 is 0 Å². The van der Waals surface area contributed by atoms with E-state index in [0.29, 0.717) is 10.7 Å². The van der Waals surface area contributed by atoms with Crippen molar-refractivity contribution in [1.29, 1.82) is 0 Å². The molecule has 6 heteroatoms. The lowest BCUT2D eigenvalue weighted by Gasteiger charge is -1.98. The van der Waals surface area contributed by atoms with Crippen molar-refractivity contribution in [3.63, 3.8) is 0 Å². The molecule has 1 aromatic heterocycles. The number of carbonyl (C=O) groups excluding carboxylic acids is 1. The Bertz CT molecular complexity index is 919. The topological polar surface area (TPSA) is 30.0 Å². The summed E-state index contributed by atoms with van der Waals surface area (Å²) in [6.07, 6.45) is 2.65. The second-order valence-corrected chi connectivity index (χ2v) is 6.20. The van der Waals surface area contributed by atoms with Gasteiger partial charge in [-0.3, -0.25) is 4.79 Å². The fourth-order valence-electron chi connectivity index (χ4n) is 2.02. The van der Waals surface area contributed by atoms with Crippen LogP contribution in [0, 0.1) is 11.6 Å². The van der Waals surface area contributed by atoms with Gasteiger partial charge in [-0.25, -0.2) is 13.8 Å². The molecule has 0 aliphatic rings. The van der Waals surface area contributed by atoms with E-state index >= 15 is 0 Å². The number of halogens is 3. The molecular formula is C18H10ClF2NOS. The summed E-state index contributed by atoms with van der Waals surface area (Å²) in [4.78, 5) is 16.4. The summed E-state index contributed by atoms with van der Waals surface area (Å²) >= 11 is 7.26. The second-order valence-electron chi connectivity index (χ2n) is 4.91. The predicted octanol–water partition coefficient (Wildman–Crippen LogP) is 5.64. The Morgan fingerprint density at radius 3 is 2.62 bits per heavy atom. The third kappa shape index (κ3) is 3.75. The number of rotatable bonds is 4. The quantitative estimate of drug-likeness (QED) is 0.444. The van der Waals surface area contributed by atoms with Gasteiger partial charge in [0.15, 0.2) is 5.78 Å². The van der Waals surface area contributed by atoms with E-state index in [1.165, 1.54) is 23.5 Å². The minimum absolute atomic E-state index is 0.306. The molecule has 0 aliphatic carbocycles. The minimum atomic E-state index is -0.758. The SMILES string of the molecule is O=C(/C=C/c1csc(-c2ccc(Cl)cc2)n1)c1cc(F)ccc1F. The average molecular weight is 362 g/mol. The van der Waals surface area contributed by atoms with Crippen LogP contribution >= 0.6 is 22.9 Å². The van der Waals surface area contributed by atoms with Gasteiger partial charge in [-0.05, 0) is 42.5 Å². The van der Waals surface area contributed by atoms with Gasteiger partial charge in [0.25, 0.3) is 0 Å². The molecule has 3 aromatic rings. The van der Waals surface area contributed by atoms with Gasteiger partial charge in [-0.2, -0.15) is 0 Å². The molecule has 0 saturated carbocycles. The molecule has 0 bridgehead atoms. The normalized spacial score (nSPS) is 11.1. The van der Waals surface area contributed by atoms with Crippen LogP contribution in [-0.2, 0) is 0 Å². The monoisotopic (exact) mass is 361 g/mol. The number of carbonyl (C=O) groups is 1. The second kappa shape index (κ2) is 7.03. The highest BCUT2D eigenvalue weighted by atomic mass is 35.5. The van der Waals surface area contributed by atoms with Gasteiger partial charge in [0.2, 0.25) is 0 Å². The molecule has 120 valence electrons. The molecule has 0 atom stereocenters. The van der Waals surface area contributed by atoms with Crippen molar-refractivity contribution < 1.29 is 13.6 Å². The highest BCUT2D eigenvalue weighted by molar-refractivity contribution is 7.13. The van der Waals surface area contributed by atoms with Crippen molar-refractivity contribution in [2.45, 2.75) is 0 Å². The van der Waals surface area contributed by atoms with Crippen molar-refractivity contribution in [3.05, 3.63) is 81.8 Å². The molecule has 0 spiro atoms. The van der Waals surface area contributed by atoms with Crippen LogP contribution in [0.4, 0.5) is 8.78 Å². The highest BCUT2D eigenvalue weighted by Gasteiger charge is 2.10. The van der Waals surface area contributed by atoms with Crippen molar-refractivity contribution in [1.82, 2.24) is 4.98 Å². The summed E-state index contributed by atoms with van der Waals surface area (Å²) < 4.78 is 26.7. The standard InChI is InChI=1S/C18H10ClF2NOS/c19-12-3-1-11(2-4-12)18-22-14(10-24-18)6-8-17(23)15-9-13(20)5-7-16(15)21/h1-10H/b8-6+. The van der Waals surface area contributed by atoms with E-state index in [1.807, 2.05) is 12.1 Å². The Morgan fingerprint density at radius 1 is 1.12 bits per heavy atom. The van der Waals surface area contributed by atoms with E-state index in [4.69, 9.17) is 11.6 Å². The molecule has 3 rings (SSSR count). The zero-order valence-electron chi connectivity index (χ0n) is 12.2. The molecule has 0 aliphatic heterocycles. The fourth-order valence-corrected chi connectivity index (χ4v) is 2.94. The number of ketones is 1. The van der Waals surface area contributed by atoms with Crippen molar-refractivity contribution in [3.8, 4) is 10.6 Å². The van der Waals surface area contributed by atoms with E-state index in [-0.39, 0.29) is 5.56 Å². The van der Waals surface area contributed by atoms with E-state index < -0.39 is 17.4 Å². The first-order chi connectivity index (χ1) is 11.5. The van der Waals surface area contributed by atoms with Crippen LogP contribution in [0.15, 0.2) is 53.9 Å². The first kappa shape index (κ1) is 16.5. The van der Waals surface area contributed by atoms with Crippen LogP contribution in [0.3, 0.4) is 0 Å². The smallest absolute Gasteiger partial charge is 0.188 e. The zero-order valence-corrected chi connectivity index (χ0v) is 13.7. The van der Waals surface area contributed by atoms with Gasteiger partial charge in [-0.1, -0.05) is 23.7 Å². The van der Waals surface area contributed by atoms with Crippen LogP contribution in [0.25, 0.3) is 16.6 Å². The van der Waals surface area contributed by atoms with Crippen molar-refractivity contribution in [2.24, 2.45) is 0 Å². The molecule has 0 amide bonds. The molecule has 24 heavy (non-hydrogen) atoms. The molecule has 2 aromatic carbocycles. The Morgan fingerprint density at radius 2 is 1.88 bits per heavy atom. The Hall–Kier alpha value is -2.37. The first-order valence-electron chi connectivity index (χ1n) is 6.92. The number of hydrogen-bond donors (Lipinski definition) is 0. The molecular weight excluding hydrogens is 352 g/mol. The lowest BCUT2D eigenvalue weighted by molar-refractivity contribution is 0.104. The maximum absolute atomic E-state index is 13.6. The molecule has 2 nitrogen and oxygen atoms in total. The number of hydrogen-bond acceptors (Lipinski definition) is 3. The summed E-state index contributed by atoms with van der Waals surface area (Å²) in [5.74, 6) is -2.04. The van der Waals surface area contributed by atoms with E-state index in [1.54, 1.807) is 17.5 Å². The number of nitrogens with zero attached hydrogens (tertiary/aromatic N) is 1. The maximum Gasteiger partial charge on any atom is 0.188 e. The Labute approximate surface area is 146 Å². The van der Waals surface area contributed by atoms with Crippen LogP contribution in [0.1, 0.15) is 16.1 Å². The number of thiazole rings is 1. The molecule has 0 unspecified atom stereocenters. The largest absolute Gasteiger partial charge is 0.289 e. The summed E-state index contributed by atoms with van der Waals surface area (Å²) in [5.41, 5.74) is 1.17. The van der Waals surface area contributed by atoms with Gasteiger partial charge >= 0.3 is 0 Å². The average Bonchev–Trinajstić information content (AvgIpc) is 3.04. The summed E-state index contributed by atoms with van der Waals surface area (Å²) in [7, 11) is 0. The number of allylic oxidation sites excluding steroid dienone is 1. The van der Waals surface area contributed by atoms with Crippen molar-refractivity contribution in [2.75, 3.05) is 0 Å². The maximum atomic E-state index is 13.6. The molecule has 0 radical (unpaired) electrons. The van der Waals surface area contributed by atoms with Gasteiger partial charge in [0.05, 0.1) is 11.3 Å². The van der Waals surface area contributed by atoms with E-state index in [0.717, 1.165) is 28.8 Å². The number of aromatic nitrogens is 1. The van der Waals surface area contributed by atoms with Gasteiger partial charge in [0.1, 0.15) is 16.6 Å². The minimum Gasteiger partial charge on any atom is -0.289 e. The Kier molecular flexibility index (Phi) is 4.83. The first-order valence-corrected chi connectivity index (χ1v) is 8.17.